The van der Waals surface area contributed by atoms with Gasteiger partial charge in [0.1, 0.15) is 0 Å². The molecule has 3 aliphatic rings. The highest BCUT2D eigenvalue weighted by Crippen LogP contribution is 2.25. The van der Waals surface area contributed by atoms with Gasteiger partial charge in [0.15, 0.2) is 0 Å². The number of carbonyl (C=O) groups excluding carboxylic acids is 2. The molecule has 2 saturated heterocycles. The van der Waals surface area contributed by atoms with Gasteiger partial charge in [-0.25, -0.2) is 0 Å². The molecular formula is C22H30N2O2. The third kappa shape index (κ3) is 3.79. The van der Waals surface area contributed by atoms with Crippen molar-refractivity contribution in [2.45, 2.75) is 57.8 Å². The van der Waals surface area contributed by atoms with Crippen LogP contribution in [0.5, 0.6) is 0 Å². The van der Waals surface area contributed by atoms with E-state index in [4.69, 9.17) is 0 Å². The molecule has 0 saturated carbocycles. The summed E-state index contributed by atoms with van der Waals surface area (Å²) in [7, 11) is 0. The van der Waals surface area contributed by atoms with E-state index in [0.717, 1.165) is 63.8 Å². The maximum atomic E-state index is 12.7. The summed E-state index contributed by atoms with van der Waals surface area (Å²) >= 11 is 0. The van der Waals surface area contributed by atoms with Crippen LogP contribution in [-0.4, -0.2) is 47.8 Å². The molecule has 2 heterocycles. The lowest BCUT2D eigenvalue weighted by Gasteiger charge is -2.35. The van der Waals surface area contributed by atoms with Crippen molar-refractivity contribution in [3.05, 3.63) is 34.9 Å². The molecule has 0 atom stereocenters. The van der Waals surface area contributed by atoms with Gasteiger partial charge in [-0.15, -0.1) is 0 Å². The van der Waals surface area contributed by atoms with E-state index in [0.29, 0.717) is 12.3 Å². The number of nitrogens with zero attached hydrogens (tertiary/aromatic N) is 2. The SMILES string of the molecule is O=C(Cc1ccc2c(c1)CCC2)N1CCC(C(=O)N2CCCCC2)CC1. The summed E-state index contributed by atoms with van der Waals surface area (Å²) in [5, 5.41) is 0. The fraction of sp³-hybridized carbons (Fsp3) is 0.636. The van der Waals surface area contributed by atoms with Crippen molar-refractivity contribution in [3.63, 3.8) is 0 Å². The Kier molecular flexibility index (Phi) is 5.28. The Morgan fingerprint density at radius 1 is 0.846 bits per heavy atom. The summed E-state index contributed by atoms with van der Waals surface area (Å²) in [6, 6.07) is 6.55. The highest BCUT2D eigenvalue weighted by molar-refractivity contribution is 5.81. The highest BCUT2D eigenvalue weighted by atomic mass is 16.2. The number of aryl methyl sites for hydroxylation is 2. The molecule has 0 unspecified atom stereocenters. The van der Waals surface area contributed by atoms with Crippen molar-refractivity contribution in [2.24, 2.45) is 5.92 Å². The molecule has 2 fully saturated rings. The van der Waals surface area contributed by atoms with Gasteiger partial charge in [0.05, 0.1) is 6.42 Å². The van der Waals surface area contributed by atoms with E-state index < -0.39 is 0 Å². The second kappa shape index (κ2) is 7.81. The van der Waals surface area contributed by atoms with Crippen LogP contribution in [0.4, 0.5) is 0 Å². The van der Waals surface area contributed by atoms with E-state index in [1.165, 1.54) is 30.4 Å². The van der Waals surface area contributed by atoms with Gasteiger partial charge < -0.3 is 9.80 Å². The standard InChI is InChI=1S/C22H30N2O2/c25-21(16-17-7-8-18-5-4-6-20(18)15-17)23-13-9-19(10-14-23)22(26)24-11-2-1-3-12-24/h7-8,15,19H,1-6,9-14,16H2. The molecule has 4 nitrogen and oxygen atoms in total. The lowest BCUT2D eigenvalue weighted by Crippen LogP contribution is -2.46. The predicted octanol–water partition coefficient (Wildman–Crippen LogP) is 2.97. The minimum atomic E-state index is 0.122. The normalized spacial score (nSPS) is 20.9. The predicted molar refractivity (Wildman–Crippen MR) is 102 cm³/mol. The monoisotopic (exact) mass is 354 g/mol. The summed E-state index contributed by atoms with van der Waals surface area (Å²) < 4.78 is 0. The smallest absolute Gasteiger partial charge is 0.226 e. The molecule has 2 amide bonds. The van der Waals surface area contributed by atoms with Gasteiger partial charge in [-0.3, -0.25) is 9.59 Å². The lowest BCUT2D eigenvalue weighted by molar-refractivity contribution is -0.141. The molecule has 4 rings (SSSR count). The third-order valence-electron chi connectivity index (χ3n) is 6.38. The van der Waals surface area contributed by atoms with Crippen molar-refractivity contribution < 1.29 is 9.59 Å². The second-order valence-corrected chi connectivity index (χ2v) is 8.17. The zero-order valence-electron chi connectivity index (χ0n) is 15.7. The first-order valence-corrected chi connectivity index (χ1v) is 10.4. The van der Waals surface area contributed by atoms with Crippen LogP contribution in [0.15, 0.2) is 18.2 Å². The van der Waals surface area contributed by atoms with Crippen LogP contribution in [0.1, 0.15) is 55.2 Å². The molecule has 0 bridgehead atoms. The van der Waals surface area contributed by atoms with Crippen molar-refractivity contribution in [1.82, 2.24) is 9.80 Å². The Bertz CT molecular complexity index is 671. The molecule has 0 aromatic heterocycles. The molecule has 1 aromatic rings. The summed E-state index contributed by atoms with van der Waals surface area (Å²) in [5.74, 6) is 0.666. The number of piperidine rings is 2. The number of rotatable bonds is 3. The number of fused-ring (bicyclic) bond motifs is 1. The van der Waals surface area contributed by atoms with Crippen LogP contribution in [-0.2, 0) is 28.9 Å². The number of carbonyl (C=O) groups is 2. The molecule has 140 valence electrons. The molecule has 0 radical (unpaired) electrons. The average molecular weight is 354 g/mol. The van der Waals surface area contributed by atoms with Crippen molar-refractivity contribution >= 4 is 11.8 Å². The summed E-state index contributed by atoms with van der Waals surface area (Å²) in [6.07, 6.45) is 9.26. The summed E-state index contributed by atoms with van der Waals surface area (Å²) in [5.41, 5.74) is 4.03. The number of likely N-dealkylation sites (tertiary alicyclic amines) is 2. The van der Waals surface area contributed by atoms with Crippen LogP contribution >= 0.6 is 0 Å². The maximum Gasteiger partial charge on any atom is 0.226 e. The van der Waals surface area contributed by atoms with Gasteiger partial charge >= 0.3 is 0 Å². The van der Waals surface area contributed by atoms with E-state index in [-0.39, 0.29) is 11.8 Å². The molecule has 1 aliphatic carbocycles. The molecule has 2 aliphatic heterocycles. The summed E-state index contributed by atoms with van der Waals surface area (Å²) in [6.45, 7) is 3.31. The van der Waals surface area contributed by atoms with Gasteiger partial charge in [-0.1, -0.05) is 18.2 Å². The first-order chi connectivity index (χ1) is 12.7. The maximum absolute atomic E-state index is 12.7. The number of amides is 2. The molecule has 26 heavy (non-hydrogen) atoms. The van der Waals surface area contributed by atoms with Gasteiger partial charge in [0.25, 0.3) is 0 Å². The molecule has 0 N–H and O–H groups in total. The fourth-order valence-corrected chi connectivity index (χ4v) is 4.77. The molecule has 4 heteroatoms. The van der Waals surface area contributed by atoms with Crippen molar-refractivity contribution in [3.8, 4) is 0 Å². The third-order valence-corrected chi connectivity index (χ3v) is 6.38. The van der Waals surface area contributed by atoms with Gasteiger partial charge in [-0.05, 0) is 68.1 Å². The Morgan fingerprint density at radius 3 is 2.35 bits per heavy atom. The van der Waals surface area contributed by atoms with Crippen LogP contribution < -0.4 is 0 Å². The van der Waals surface area contributed by atoms with E-state index in [1.807, 2.05) is 4.90 Å². The van der Waals surface area contributed by atoms with Crippen LogP contribution in [0, 0.1) is 5.92 Å². The lowest BCUT2D eigenvalue weighted by atomic mass is 9.94. The van der Waals surface area contributed by atoms with E-state index >= 15 is 0 Å². The molecule has 1 aromatic carbocycles. The topological polar surface area (TPSA) is 40.6 Å². The molecule has 0 spiro atoms. The van der Waals surface area contributed by atoms with E-state index in [9.17, 15) is 9.59 Å². The second-order valence-electron chi connectivity index (χ2n) is 8.17. The van der Waals surface area contributed by atoms with Gasteiger partial charge in [0.2, 0.25) is 11.8 Å². The molecular weight excluding hydrogens is 324 g/mol. The number of benzene rings is 1. The zero-order valence-corrected chi connectivity index (χ0v) is 15.7. The Labute approximate surface area is 156 Å². The number of hydrogen-bond donors (Lipinski definition) is 0. The van der Waals surface area contributed by atoms with Crippen LogP contribution in [0.25, 0.3) is 0 Å². The first kappa shape index (κ1) is 17.6. The Hall–Kier alpha value is -1.84. The Morgan fingerprint density at radius 2 is 1.58 bits per heavy atom. The van der Waals surface area contributed by atoms with Crippen molar-refractivity contribution in [1.29, 1.82) is 0 Å². The number of hydrogen-bond acceptors (Lipinski definition) is 2. The first-order valence-electron chi connectivity index (χ1n) is 10.4. The average Bonchev–Trinajstić information content (AvgIpc) is 3.16. The fourth-order valence-electron chi connectivity index (χ4n) is 4.77. The Balaban J connectivity index is 1.28. The van der Waals surface area contributed by atoms with E-state index in [1.54, 1.807) is 0 Å². The van der Waals surface area contributed by atoms with Crippen LogP contribution in [0.3, 0.4) is 0 Å². The zero-order chi connectivity index (χ0) is 17.9. The quantitative estimate of drug-likeness (QED) is 0.837. The summed E-state index contributed by atoms with van der Waals surface area (Å²) in [4.78, 5) is 29.3. The largest absolute Gasteiger partial charge is 0.342 e. The van der Waals surface area contributed by atoms with Gasteiger partial charge in [0, 0.05) is 32.1 Å². The highest BCUT2D eigenvalue weighted by Gasteiger charge is 2.30. The van der Waals surface area contributed by atoms with E-state index in [2.05, 4.69) is 23.1 Å². The van der Waals surface area contributed by atoms with Gasteiger partial charge in [-0.2, -0.15) is 0 Å². The van der Waals surface area contributed by atoms with Crippen molar-refractivity contribution in [2.75, 3.05) is 26.2 Å². The van der Waals surface area contributed by atoms with Crippen LogP contribution in [0.2, 0.25) is 0 Å². The minimum absolute atomic E-state index is 0.122. The minimum Gasteiger partial charge on any atom is -0.342 e.